The average Bonchev–Trinajstić information content (AvgIpc) is 2.23. The Hall–Kier alpha value is -0.820. The molecule has 102 valence electrons. The van der Waals surface area contributed by atoms with Crippen LogP contribution in [0.1, 0.15) is 19.4 Å². The number of rotatable bonds is 5. The third-order valence-electron chi connectivity index (χ3n) is 1.97. The predicted molar refractivity (Wildman–Crippen MR) is 65.5 cm³/mol. The molecule has 1 aromatic heterocycles. The van der Waals surface area contributed by atoms with E-state index in [0.717, 1.165) is 0 Å². The maximum absolute atomic E-state index is 12.1. The monoisotopic (exact) mass is 326 g/mol. The van der Waals surface area contributed by atoms with Crippen molar-refractivity contribution in [3.63, 3.8) is 0 Å². The van der Waals surface area contributed by atoms with Gasteiger partial charge in [-0.15, -0.1) is 0 Å². The van der Waals surface area contributed by atoms with Crippen molar-refractivity contribution in [2.75, 3.05) is 6.61 Å². The maximum Gasteiger partial charge on any atom is 0.422 e. The van der Waals surface area contributed by atoms with Gasteiger partial charge in [-0.2, -0.15) is 13.2 Å². The first kappa shape index (κ1) is 15.2. The molecule has 0 spiro atoms. The van der Waals surface area contributed by atoms with Gasteiger partial charge in [0, 0.05) is 28.8 Å². The lowest BCUT2D eigenvalue weighted by Gasteiger charge is -2.14. The number of ether oxygens (including phenoxy) is 1. The summed E-state index contributed by atoms with van der Waals surface area (Å²) in [7, 11) is 0. The fraction of sp³-hybridized carbons (Fsp3) is 0.545. The molecule has 0 aliphatic carbocycles. The van der Waals surface area contributed by atoms with Gasteiger partial charge in [-0.1, -0.05) is 13.8 Å². The number of halogens is 4. The SMILES string of the molecule is CC(C)NCc1cc(Br)cnc1OCC(F)(F)F. The van der Waals surface area contributed by atoms with Gasteiger partial charge in [0.05, 0.1) is 0 Å². The van der Waals surface area contributed by atoms with Crippen LogP contribution in [0.25, 0.3) is 0 Å². The van der Waals surface area contributed by atoms with Crippen LogP contribution in [0, 0.1) is 0 Å². The van der Waals surface area contributed by atoms with Crippen molar-refractivity contribution in [1.82, 2.24) is 10.3 Å². The molecular weight excluding hydrogens is 313 g/mol. The third-order valence-corrected chi connectivity index (χ3v) is 2.40. The highest BCUT2D eigenvalue weighted by Gasteiger charge is 2.29. The second-order valence-electron chi connectivity index (χ2n) is 4.06. The Bertz CT molecular complexity index is 396. The number of alkyl halides is 3. The molecule has 0 saturated carbocycles. The number of hydrogen-bond donors (Lipinski definition) is 1. The highest BCUT2D eigenvalue weighted by molar-refractivity contribution is 9.10. The van der Waals surface area contributed by atoms with E-state index in [0.29, 0.717) is 16.6 Å². The van der Waals surface area contributed by atoms with Crippen LogP contribution in [-0.4, -0.2) is 23.8 Å². The molecule has 0 saturated heterocycles. The summed E-state index contributed by atoms with van der Waals surface area (Å²) in [5, 5.41) is 3.10. The van der Waals surface area contributed by atoms with E-state index >= 15 is 0 Å². The summed E-state index contributed by atoms with van der Waals surface area (Å²) in [6.07, 6.45) is -2.96. The van der Waals surface area contributed by atoms with Gasteiger partial charge >= 0.3 is 6.18 Å². The van der Waals surface area contributed by atoms with Crippen molar-refractivity contribution in [1.29, 1.82) is 0 Å². The van der Waals surface area contributed by atoms with Gasteiger partial charge in [0.2, 0.25) is 5.88 Å². The molecule has 0 fully saturated rings. The summed E-state index contributed by atoms with van der Waals surface area (Å²) in [5.41, 5.74) is 0.585. The fourth-order valence-electron chi connectivity index (χ4n) is 1.19. The van der Waals surface area contributed by atoms with E-state index in [-0.39, 0.29) is 11.9 Å². The summed E-state index contributed by atoms with van der Waals surface area (Å²) in [4.78, 5) is 3.85. The van der Waals surface area contributed by atoms with Gasteiger partial charge in [-0.25, -0.2) is 4.98 Å². The predicted octanol–water partition coefficient (Wildman–Crippen LogP) is 3.28. The van der Waals surface area contributed by atoms with Crippen molar-refractivity contribution in [3.05, 3.63) is 22.3 Å². The van der Waals surface area contributed by atoms with E-state index in [1.165, 1.54) is 6.20 Å². The molecule has 1 rings (SSSR count). The van der Waals surface area contributed by atoms with E-state index in [9.17, 15) is 13.2 Å². The molecule has 0 aliphatic rings. The van der Waals surface area contributed by atoms with Crippen LogP contribution in [0.2, 0.25) is 0 Å². The van der Waals surface area contributed by atoms with E-state index in [1.54, 1.807) is 6.07 Å². The fourth-order valence-corrected chi connectivity index (χ4v) is 1.57. The lowest BCUT2D eigenvalue weighted by molar-refractivity contribution is -0.154. The van der Waals surface area contributed by atoms with Crippen LogP contribution in [0.5, 0.6) is 5.88 Å². The largest absolute Gasteiger partial charge is 0.468 e. The lowest BCUT2D eigenvalue weighted by Crippen LogP contribution is -2.24. The van der Waals surface area contributed by atoms with E-state index in [1.807, 2.05) is 13.8 Å². The molecule has 0 bridgehead atoms. The van der Waals surface area contributed by atoms with Gasteiger partial charge in [-0.3, -0.25) is 0 Å². The summed E-state index contributed by atoms with van der Waals surface area (Å²) >= 11 is 3.23. The molecule has 0 unspecified atom stereocenters. The van der Waals surface area contributed by atoms with E-state index in [4.69, 9.17) is 4.74 Å². The second kappa shape index (κ2) is 6.38. The topological polar surface area (TPSA) is 34.2 Å². The van der Waals surface area contributed by atoms with Crippen LogP contribution >= 0.6 is 15.9 Å². The minimum absolute atomic E-state index is 0.00340. The molecule has 3 nitrogen and oxygen atoms in total. The zero-order chi connectivity index (χ0) is 13.8. The Morgan fingerprint density at radius 1 is 1.44 bits per heavy atom. The normalized spacial score (nSPS) is 11.9. The van der Waals surface area contributed by atoms with Crippen molar-refractivity contribution in [2.24, 2.45) is 0 Å². The number of nitrogens with zero attached hydrogens (tertiary/aromatic N) is 1. The molecule has 18 heavy (non-hydrogen) atoms. The highest BCUT2D eigenvalue weighted by Crippen LogP contribution is 2.23. The standard InChI is InChI=1S/C11H14BrF3N2O/c1-7(2)16-4-8-3-9(12)5-17-10(8)18-6-11(13,14)15/h3,5,7,16H,4,6H2,1-2H3. The van der Waals surface area contributed by atoms with Crippen molar-refractivity contribution in [3.8, 4) is 5.88 Å². The summed E-state index contributed by atoms with van der Waals surface area (Å²) in [6, 6.07) is 1.91. The van der Waals surface area contributed by atoms with Gasteiger partial charge in [0.15, 0.2) is 6.61 Å². The summed E-state index contributed by atoms with van der Waals surface area (Å²) < 4.78 is 41.7. The number of nitrogens with one attached hydrogen (secondary N) is 1. The second-order valence-corrected chi connectivity index (χ2v) is 4.97. The van der Waals surface area contributed by atoms with Crippen molar-refractivity contribution < 1.29 is 17.9 Å². The van der Waals surface area contributed by atoms with Gasteiger partial charge in [0.25, 0.3) is 0 Å². The molecule has 7 heteroatoms. The molecule has 1 aromatic rings. The van der Waals surface area contributed by atoms with Crippen LogP contribution in [0.4, 0.5) is 13.2 Å². The molecule has 0 aromatic carbocycles. The Balaban J connectivity index is 2.76. The Kier molecular flexibility index (Phi) is 5.40. The molecule has 0 amide bonds. The first-order valence-electron chi connectivity index (χ1n) is 5.35. The maximum atomic E-state index is 12.1. The minimum atomic E-state index is -4.36. The molecule has 1 heterocycles. The number of pyridine rings is 1. The van der Waals surface area contributed by atoms with Crippen molar-refractivity contribution >= 4 is 15.9 Å². The first-order valence-corrected chi connectivity index (χ1v) is 6.14. The van der Waals surface area contributed by atoms with Crippen molar-refractivity contribution in [2.45, 2.75) is 32.6 Å². The molecule has 0 atom stereocenters. The Labute approximate surface area is 112 Å². The molecule has 0 aliphatic heterocycles. The van der Waals surface area contributed by atoms with Gasteiger partial charge in [0.1, 0.15) is 0 Å². The van der Waals surface area contributed by atoms with E-state index < -0.39 is 12.8 Å². The Morgan fingerprint density at radius 2 is 2.11 bits per heavy atom. The summed E-state index contributed by atoms with van der Waals surface area (Å²) in [5.74, 6) is 0.00340. The number of aromatic nitrogens is 1. The third kappa shape index (κ3) is 5.68. The van der Waals surface area contributed by atoms with Gasteiger partial charge < -0.3 is 10.1 Å². The zero-order valence-electron chi connectivity index (χ0n) is 10.0. The lowest BCUT2D eigenvalue weighted by atomic mass is 10.2. The van der Waals surface area contributed by atoms with Crippen LogP contribution in [-0.2, 0) is 6.54 Å². The molecule has 0 radical (unpaired) electrons. The quantitative estimate of drug-likeness (QED) is 0.901. The molecular formula is C11H14BrF3N2O. The van der Waals surface area contributed by atoms with Crippen LogP contribution in [0.15, 0.2) is 16.7 Å². The average molecular weight is 327 g/mol. The summed E-state index contributed by atoms with van der Waals surface area (Å²) in [6.45, 7) is 2.96. The highest BCUT2D eigenvalue weighted by atomic mass is 79.9. The smallest absolute Gasteiger partial charge is 0.422 e. The van der Waals surface area contributed by atoms with Gasteiger partial charge in [-0.05, 0) is 22.0 Å². The number of hydrogen-bond acceptors (Lipinski definition) is 3. The zero-order valence-corrected chi connectivity index (χ0v) is 11.6. The Morgan fingerprint density at radius 3 is 2.67 bits per heavy atom. The minimum Gasteiger partial charge on any atom is -0.468 e. The first-order chi connectivity index (χ1) is 8.28. The van der Waals surface area contributed by atoms with Crippen LogP contribution < -0.4 is 10.1 Å². The van der Waals surface area contributed by atoms with Crippen LogP contribution in [0.3, 0.4) is 0 Å². The van der Waals surface area contributed by atoms with E-state index in [2.05, 4.69) is 26.2 Å². The molecule has 1 N–H and O–H groups in total.